The van der Waals surface area contributed by atoms with E-state index in [4.69, 9.17) is 9.47 Å². The molecular formula is C14H19N3O2. The van der Waals surface area contributed by atoms with Crippen LogP contribution in [0, 0.1) is 0 Å². The summed E-state index contributed by atoms with van der Waals surface area (Å²) in [5, 5.41) is 10.6. The summed E-state index contributed by atoms with van der Waals surface area (Å²) in [7, 11) is 3.30. The fourth-order valence-electron chi connectivity index (χ4n) is 2.18. The molecule has 1 atom stereocenters. The Kier molecular flexibility index (Phi) is 4.39. The number of hydrogen-bond donors (Lipinski definition) is 1. The van der Waals surface area contributed by atoms with Gasteiger partial charge in [0.2, 0.25) is 0 Å². The third-order valence-corrected chi connectivity index (χ3v) is 3.29. The van der Waals surface area contributed by atoms with Gasteiger partial charge in [-0.05, 0) is 36.5 Å². The molecule has 1 heterocycles. The number of methoxy groups -OCH3 is 2. The number of rotatable bonds is 6. The van der Waals surface area contributed by atoms with Crippen LogP contribution in [0.2, 0.25) is 0 Å². The summed E-state index contributed by atoms with van der Waals surface area (Å²) in [6.07, 6.45) is 3.66. The van der Waals surface area contributed by atoms with Gasteiger partial charge in [-0.15, -0.1) is 0 Å². The highest BCUT2D eigenvalue weighted by atomic mass is 16.5. The Balaban J connectivity index is 2.23. The summed E-state index contributed by atoms with van der Waals surface area (Å²) in [4.78, 5) is 0. The van der Waals surface area contributed by atoms with Crippen molar-refractivity contribution in [3.63, 3.8) is 0 Å². The Hall–Kier alpha value is -2.04. The molecule has 1 unspecified atom stereocenters. The zero-order valence-electron chi connectivity index (χ0n) is 11.5. The van der Waals surface area contributed by atoms with Crippen molar-refractivity contribution in [2.45, 2.75) is 25.7 Å². The average molecular weight is 261 g/mol. The molecule has 0 aliphatic rings. The second-order valence-electron chi connectivity index (χ2n) is 4.39. The van der Waals surface area contributed by atoms with Gasteiger partial charge in [0.05, 0.1) is 26.1 Å². The third kappa shape index (κ3) is 3.05. The highest BCUT2D eigenvalue weighted by Gasteiger charge is 2.14. The standard InChI is InChI=1S/C14H19N3O2/c1-4-10(7-12-9-15-17-16-12)11-5-6-13(18-2)14(8-11)19-3/h5-6,8-10H,4,7H2,1-3H3,(H,15,16,17). The van der Waals surface area contributed by atoms with Crippen molar-refractivity contribution in [3.05, 3.63) is 35.7 Å². The van der Waals surface area contributed by atoms with Crippen LogP contribution in [0.15, 0.2) is 24.4 Å². The lowest BCUT2D eigenvalue weighted by Crippen LogP contribution is -2.03. The van der Waals surface area contributed by atoms with Crippen molar-refractivity contribution in [1.82, 2.24) is 15.4 Å². The third-order valence-electron chi connectivity index (χ3n) is 3.29. The maximum Gasteiger partial charge on any atom is 0.160 e. The Morgan fingerprint density at radius 3 is 2.58 bits per heavy atom. The second-order valence-corrected chi connectivity index (χ2v) is 4.39. The zero-order chi connectivity index (χ0) is 13.7. The molecule has 2 aromatic rings. The van der Waals surface area contributed by atoms with Gasteiger partial charge in [-0.3, -0.25) is 0 Å². The van der Waals surface area contributed by atoms with Crippen molar-refractivity contribution < 1.29 is 9.47 Å². The van der Waals surface area contributed by atoms with Crippen LogP contribution in [0.1, 0.15) is 30.5 Å². The molecule has 1 N–H and O–H groups in total. The molecule has 1 aromatic carbocycles. The number of benzene rings is 1. The van der Waals surface area contributed by atoms with Crippen molar-refractivity contribution >= 4 is 0 Å². The molecule has 5 heteroatoms. The zero-order valence-corrected chi connectivity index (χ0v) is 11.5. The monoisotopic (exact) mass is 261 g/mol. The molecule has 0 saturated heterocycles. The van der Waals surface area contributed by atoms with Crippen LogP contribution in [-0.2, 0) is 6.42 Å². The molecule has 0 fully saturated rings. The molecule has 2 rings (SSSR count). The van der Waals surface area contributed by atoms with Crippen LogP contribution in [0.5, 0.6) is 11.5 Å². The fourth-order valence-corrected chi connectivity index (χ4v) is 2.18. The van der Waals surface area contributed by atoms with Crippen LogP contribution < -0.4 is 9.47 Å². The van der Waals surface area contributed by atoms with Crippen LogP contribution in [0.25, 0.3) is 0 Å². The van der Waals surface area contributed by atoms with Crippen LogP contribution in [-0.4, -0.2) is 29.6 Å². The predicted octanol–water partition coefficient (Wildman–Crippen LogP) is 2.56. The lowest BCUT2D eigenvalue weighted by molar-refractivity contribution is 0.354. The number of ether oxygens (including phenoxy) is 2. The summed E-state index contributed by atoms with van der Waals surface area (Å²) in [5.74, 6) is 1.91. The maximum absolute atomic E-state index is 5.35. The smallest absolute Gasteiger partial charge is 0.160 e. The van der Waals surface area contributed by atoms with Gasteiger partial charge in [-0.25, -0.2) is 0 Å². The van der Waals surface area contributed by atoms with Crippen LogP contribution in [0.4, 0.5) is 0 Å². The highest BCUT2D eigenvalue weighted by Crippen LogP contribution is 2.32. The number of nitrogens with one attached hydrogen (secondary N) is 1. The molecule has 0 bridgehead atoms. The second kappa shape index (κ2) is 6.22. The normalized spacial score (nSPS) is 12.2. The van der Waals surface area contributed by atoms with E-state index in [0.717, 1.165) is 30.0 Å². The molecular weight excluding hydrogens is 242 g/mol. The summed E-state index contributed by atoms with van der Waals surface area (Å²) in [5.41, 5.74) is 2.20. The molecule has 0 spiro atoms. The van der Waals surface area contributed by atoms with Crippen molar-refractivity contribution in [3.8, 4) is 11.5 Å². The largest absolute Gasteiger partial charge is 0.493 e. The van der Waals surface area contributed by atoms with E-state index in [-0.39, 0.29) is 0 Å². The van der Waals surface area contributed by atoms with Gasteiger partial charge in [-0.2, -0.15) is 15.4 Å². The summed E-state index contributed by atoms with van der Waals surface area (Å²) < 4.78 is 10.6. The lowest BCUT2D eigenvalue weighted by Gasteiger charge is -2.16. The van der Waals surface area contributed by atoms with Gasteiger partial charge in [0.15, 0.2) is 11.5 Å². The van der Waals surface area contributed by atoms with Gasteiger partial charge in [0.25, 0.3) is 0 Å². The first-order valence-corrected chi connectivity index (χ1v) is 6.35. The number of hydrogen-bond acceptors (Lipinski definition) is 4. The minimum atomic E-state index is 0.393. The molecule has 0 radical (unpaired) electrons. The first-order chi connectivity index (χ1) is 9.28. The minimum absolute atomic E-state index is 0.393. The number of aromatic nitrogens is 3. The van der Waals surface area contributed by atoms with Crippen LogP contribution >= 0.6 is 0 Å². The number of aromatic amines is 1. The first kappa shape index (κ1) is 13.4. The molecule has 102 valence electrons. The van der Waals surface area contributed by atoms with Crippen molar-refractivity contribution in [2.24, 2.45) is 0 Å². The van der Waals surface area contributed by atoms with Crippen LogP contribution in [0.3, 0.4) is 0 Å². The van der Waals surface area contributed by atoms with Gasteiger partial charge in [-0.1, -0.05) is 13.0 Å². The van der Waals surface area contributed by atoms with E-state index in [9.17, 15) is 0 Å². The quantitative estimate of drug-likeness (QED) is 0.868. The molecule has 0 aliphatic heterocycles. The van der Waals surface area contributed by atoms with Gasteiger partial charge >= 0.3 is 0 Å². The summed E-state index contributed by atoms with van der Waals surface area (Å²) in [6.45, 7) is 2.17. The lowest BCUT2D eigenvalue weighted by atomic mass is 9.92. The number of H-pyrrole nitrogens is 1. The SMILES string of the molecule is CCC(Cc1cn[nH]n1)c1ccc(OC)c(OC)c1. The van der Waals surface area contributed by atoms with Gasteiger partial charge in [0.1, 0.15) is 0 Å². The summed E-state index contributed by atoms with van der Waals surface area (Å²) in [6, 6.07) is 6.06. The Labute approximate surface area is 112 Å². The molecule has 0 saturated carbocycles. The number of nitrogens with zero attached hydrogens (tertiary/aromatic N) is 2. The molecule has 1 aromatic heterocycles. The van der Waals surface area contributed by atoms with Crippen molar-refractivity contribution in [1.29, 1.82) is 0 Å². The topological polar surface area (TPSA) is 60.0 Å². The molecule has 0 aliphatic carbocycles. The molecule has 5 nitrogen and oxygen atoms in total. The van der Waals surface area contributed by atoms with E-state index < -0.39 is 0 Å². The van der Waals surface area contributed by atoms with Crippen molar-refractivity contribution in [2.75, 3.05) is 14.2 Å². The highest BCUT2D eigenvalue weighted by molar-refractivity contribution is 5.44. The minimum Gasteiger partial charge on any atom is -0.493 e. The predicted molar refractivity (Wildman–Crippen MR) is 72.7 cm³/mol. The first-order valence-electron chi connectivity index (χ1n) is 6.35. The molecule has 0 amide bonds. The van der Waals surface area contributed by atoms with E-state index in [2.05, 4.69) is 28.4 Å². The molecule has 19 heavy (non-hydrogen) atoms. The van der Waals surface area contributed by atoms with E-state index in [1.165, 1.54) is 5.56 Å². The van der Waals surface area contributed by atoms with E-state index in [1.807, 2.05) is 12.1 Å². The van der Waals surface area contributed by atoms with E-state index >= 15 is 0 Å². The van der Waals surface area contributed by atoms with E-state index in [1.54, 1.807) is 20.4 Å². The fraction of sp³-hybridized carbons (Fsp3) is 0.429. The Morgan fingerprint density at radius 2 is 2.00 bits per heavy atom. The van der Waals surface area contributed by atoms with Gasteiger partial charge < -0.3 is 9.47 Å². The average Bonchev–Trinajstić information content (AvgIpc) is 2.97. The maximum atomic E-state index is 5.35. The Bertz CT molecular complexity index is 511. The summed E-state index contributed by atoms with van der Waals surface area (Å²) >= 11 is 0. The van der Waals surface area contributed by atoms with Gasteiger partial charge in [0, 0.05) is 0 Å². The van der Waals surface area contributed by atoms with E-state index in [0.29, 0.717) is 5.92 Å². The Morgan fingerprint density at radius 1 is 1.21 bits per heavy atom.